The zero-order valence-electron chi connectivity index (χ0n) is 31.2. The van der Waals surface area contributed by atoms with Gasteiger partial charge in [-0.2, -0.15) is 0 Å². The summed E-state index contributed by atoms with van der Waals surface area (Å²) >= 11 is 0. The summed E-state index contributed by atoms with van der Waals surface area (Å²) in [4.78, 5) is 44.9. The van der Waals surface area contributed by atoms with E-state index >= 15 is 0 Å². The zero-order chi connectivity index (χ0) is 37.1. The molecule has 2 spiro atoms. The molecule has 4 heterocycles. The number of likely N-dealkylation sites (tertiary alicyclic amines) is 1. The summed E-state index contributed by atoms with van der Waals surface area (Å²) in [5.74, 6) is 0.608. The minimum absolute atomic E-state index is 0.0171. The molecule has 13 heteroatoms. The van der Waals surface area contributed by atoms with E-state index in [2.05, 4.69) is 51.3 Å². The number of aryl methyl sites for hydroxylation is 2. The van der Waals surface area contributed by atoms with Crippen molar-refractivity contribution < 1.29 is 32.8 Å². The first kappa shape index (κ1) is 35.9. The SMILES string of the molecule is CO[C@H]1/C=C/C[C@H](C)CS(=O)(NC(=O)N2CC3(CN(C)C(=O)O3)C2)=NC(=O)c2ccc3c(c2)N(C[C@@H]2CC[C@H]21)C[C@@]1(CCCc2cc(C)ccc21)CO3. The Hall–Kier alpha value is -4.10. The van der Waals surface area contributed by atoms with E-state index in [1.807, 2.05) is 19.1 Å². The van der Waals surface area contributed by atoms with Crippen LogP contribution >= 0.6 is 0 Å². The van der Waals surface area contributed by atoms with Crippen molar-refractivity contribution in [2.45, 2.75) is 69.5 Å². The number of nitrogens with zero attached hydrogens (tertiary/aromatic N) is 4. The third-order valence-electron chi connectivity index (χ3n) is 12.3. The second-order valence-electron chi connectivity index (χ2n) is 16.5. The van der Waals surface area contributed by atoms with Gasteiger partial charge in [0.25, 0.3) is 5.91 Å². The van der Waals surface area contributed by atoms with Gasteiger partial charge in [-0.25, -0.2) is 13.8 Å². The summed E-state index contributed by atoms with van der Waals surface area (Å²) in [6.45, 7) is 6.86. The van der Waals surface area contributed by atoms with Gasteiger partial charge in [-0.3, -0.25) is 9.52 Å². The maximum atomic E-state index is 14.6. The van der Waals surface area contributed by atoms with Gasteiger partial charge in [0.05, 0.1) is 43.8 Å². The van der Waals surface area contributed by atoms with E-state index in [1.54, 1.807) is 20.2 Å². The van der Waals surface area contributed by atoms with Crippen molar-refractivity contribution in [1.29, 1.82) is 0 Å². The van der Waals surface area contributed by atoms with Crippen LogP contribution < -0.4 is 14.4 Å². The molecular weight excluding hydrogens is 695 g/mol. The molecule has 4 aliphatic heterocycles. The van der Waals surface area contributed by atoms with E-state index in [4.69, 9.17) is 14.2 Å². The van der Waals surface area contributed by atoms with Crippen molar-refractivity contribution in [3.05, 3.63) is 70.8 Å². The molecule has 2 aliphatic carbocycles. The lowest BCUT2D eigenvalue weighted by atomic mass is 9.68. The lowest BCUT2D eigenvalue weighted by Gasteiger charge is -2.46. The number of ether oxygens (including phenoxy) is 3. The predicted octanol–water partition coefficient (Wildman–Crippen LogP) is 5.47. The van der Waals surface area contributed by atoms with Gasteiger partial charge in [-0.05, 0) is 92.5 Å². The lowest BCUT2D eigenvalue weighted by Crippen LogP contribution is -2.67. The number of hydrogen-bond acceptors (Lipinski definition) is 8. The van der Waals surface area contributed by atoms with Crippen LogP contribution in [0.2, 0.25) is 0 Å². The highest BCUT2D eigenvalue weighted by Gasteiger charge is 2.54. The number of fused-ring (bicyclic) bond motifs is 4. The number of benzene rings is 2. The van der Waals surface area contributed by atoms with Crippen LogP contribution in [0.15, 0.2) is 52.9 Å². The van der Waals surface area contributed by atoms with E-state index < -0.39 is 33.5 Å². The van der Waals surface area contributed by atoms with E-state index in [1.165, 1.54) is 26.5 Å². The molecule has 1 unspecified atom stereocenters. The highest BCUT2D eigenvalue weighted by molar-refractivity contribution is 7.92. The number of likely N-dealkylation sites (N-methyl/N-ethyl adjacent to an activating group) is 1. The van der Waals surface area contributed by atoms with Crippen LogP contribution in [0, 0.1) is 24.7 Å². The van der Waals surface area contributed by atoms with Gasteiger partial charge in [-0.15, -0.1) is 4.36 Å². The molecule has 6 aliphatic rings. The molecule has 4 amide bonds. The molecule has 0 radical (unpaired) electrons. The van der Waals surface area contributed by atoms with Crippen molar-refractivity contribution in [3.63, 3.8) is 0 Å². The molecule has 8 rings (SSSR count). The van der Waals surface area contributed by atoms with Gasteiger partial charge in [0.15, 0.2) is 5.60 Å². The fourth-order valence-electron chi connectivity index (χ4n) is 9.48. The fraction of sp³-hybridized carbons (Fsp3) is 0.575. The Balaban J connectivity index is 1.14. The maximum absolute atomic E-state index is 14.6. The summed E-state index contributed by atoms with van der Waals surface area (Å²) in [5, 5.41) is 0. The quantitative estimate of drug-likeness (QED) is 0.401. The number of anilines is 1. The number of allylic oxidation sites excluding steroid dienone is 1. The Labute approximate surface area is 312 Å². The van der Waals surface area contributed by atoms with Crippen molar-refractivity contribution in [1.82, 2.24) is 14.5 Å². The van der Waals surface area contributed by atoms with Crippen molar-refractivity contribution in [2.24, 2.45) is 22.1 Å². The number of nitrogens with one attached hydrogen (secondary N) is 1. The Morgan fingerprint density at radius 3 is 2.66 bits per heavy atom. The molecule has 2 aromatic carbocycles. The average molecular weight is 746 g/mol. The van der Waals surface area contributed by atoms with Crippen LogP contribution in [-0.4, -0.2) is 103 Å². The molecule has 2 bridgehead atoms. The fourth-order valence-corrected chi connectivity index (χ4v) is 11.4. The molecule has 53 heavy (non-hydrogen) atoms. The molecule has 2 aromatic rings. The van der Waals surface area contributed by atoms with Crippen molar-refractivity contribution in [3.8, 4) is 5.75 Å². The highest BCUT2D eigenvalue weighted by Crippen LogP contribution is 2.47. The smallest absolute Gasteiger partial charge is 0.410 e. The van der Waals surface area contributed by atoms with Crippen LogP contribution in [0.25, 0.3) is 0 Å². The Morgan fingerprint density at radius 2 is 1.92 bits per heavy atom. The average Bonchev–Trinajstić information content (AvgIpc) is 3.31. The zero-order valence-corrected chi connectivity index (χ0v) is 32.0. The Bertz CT molecular complexity index is 1970. The van der Waals surface area contributed by atoms with Gasteiger partial charge in [0.1, 0.15) is 15.7 Å². The van der Waals surface area contributed by atoms with Crippen LogP contribution in [0.5, 0.6) is 5.75 Å². The van der Waals surface area contributed by atoms with Crippen LogP contribution in [0.1, 0.15) is 66.1 Å². The number of rotatable bonds is 2. The summed E-state index contributed by atoms with van der Waals surface area (Å²) < 4.78 is 39.8. The molecule has 284 valence electrons. The summed E-state index contributed by atoms with van der Waals surface area (Å²) in [7, 11) is -0.150. The number of amides is 4. The van der Waals surface area contributed by atoms with E-state index in [0.717, 1.165) is 50.9 Å². The van der Waals surface area contributed by atoms with Crippen LogP contribution in [-0.2, 0) is 31.2 Å². The minimum Gasteiger partial charge on any atom is -0.490 e. The summed E-state index contributed by atoms with van der Waals surface area (Å²) in [6, 6.07) is 11.6. The number of urea groups is 1. The molecule has 3 fully saturated rings. The Kier molecular flexibility index (Phi) is 9.24. The normalized spacial score (nSPS) is 32.6. The largest absolute Gasteiger partial charge is 0.490 e. The van der Waals surface area contributed by atoms with Gasteiger partial charge >= 0.3 is 12.1 Å². The first-order valence-electron chi connectivity index (χ1n) is 19.0. The first-order chi connectivity index (χ1) is 25.4. The van der Waals surface area contributed by atoms with Crippen molar-refractivity contribution in [2.75, 3.05) is 64.1 Å². The monoisotopic (exact) mass is 745 g/mol. The maximum Gasteiger partial charge on any atom is 0.410 e. The topological polar surface area (TPSA) is 130 Å². The van der Waals surface area contributed by atoms with E-state index in [-0.39, 0.29) is 36.3 Å². The van der Waals surface area contributed by atoms with E-state index in [0.29, 0.717) is 42.7 Å². The number of carbonyl (C=O) groups excluding carboxylic acids is 3. The second-order valence-corrected chi connectivity index (χ2v) is 18.5. The molecular formula is C40H51N5O7S. The van der Waals surface area contributed by atoms with Gasteiger partial charge < -0.3 is 28.9 Å². The summed E-state index contributed by atoms with van der Waals surface area (Å²) in [5.41, 5.74) is 4.12. The predicted molar refractivity (Wildman–Crippen MR) is 202 cm³/mol. The van der Waals surface area contributed by atoms with Crippen LogP contribution in [0.4, 0.5) is 15.3 Å². The highest BCUT2D eigenvalue weighted by atomic mass is 32.2. The third kappa shape index (κ3) is 6.79. The van der Waals surface area contributed by atoms with Crippen LogP contribution in [0.3, 0.4) is 0 Å². The second kappa shape index (κ2) is 13.6. The molecule has 1 saturated carbocycles. The number of carbonyl (C=O) groups is 3. The minimum atomic E-state index is -3.56. The Morgan fingerprint density at radius 1 is 1.09 bits per heavy atom. The molecule has 6 atom stereocenters. The van der Waals surface area contributed by atoms with E-state index in [9.17, 15) is 18.6 Å². The third-order valence-corrected chi connectivity index (χ3v) is 14.3. The first-order valence-corrected chi connectivity index (χ1v) is 20.7. The molecule has 2 saturated heterocycles. The number of hydrogen-bond donors (Lipinski definition) is 1. The van der Waals surface area contributed by atoms with Gasteiger partial charge in [-0.1, -0.05) is 42.8 Å². The summed E-state index contributed by atoms with van der Waals surface area (Å²) in [6.07, 6.45) is 9.58. The van der Waals surface area contributed by atoms with Gasteiger partial charge in [0.2, 0.25) is 0 Å². The molecule has 1 N–H and O–H groups in total. The lowest BCUT2D eigenvalue weighted by molar-refractivity contribution is -0.0504. The number of methoxy groups -OCH3 is 1. The van der Waals surface area contributed by atoms with Gasteiger partial charge in [0, 0.05) is 38.2 Å². The van der Waals surface area contributed by atoms with Crippen molar-refractivity contribution >= 4 is 33.6 Å². The molecule has 0 aromatic heterocycles. The molecule has 12 nitrogen and oxygen atoms in total. The standard InChI is InChI=1S/C40H51N5O7S/c1-26-10-14-32-28(17-26)8-6-16-39(32)21-44-19-30-11-13-31(30)34(50-4)9-5-7-27(2)20-53(49,41-36(46)29-12-15-35(51-25-39)33(44)18-29)42-37(47)45-23-40(24-45)22-43(3)38(48)52-40/h5,9-10,12,14-15,17-18,27,30-31,34H,6-8,11,13,16,19-25H2,1-4H3,(H,41,42,46,47,49)/b9-5+/t27-,30-,31+,34-,39-,53?/m0/s1.